The fraction of sp³-hybridized carbons (Fsp3) is 0.368. The first kappa shape index (κ1) is 14.2. The molecule has 0 aliphatic carbocycles. The zero-order valence-electron chi connectivity index (χ0n) is 12.7. The summed E-state index contributed by atoms with van der Waals surface area (Å²) in [4.78, 5) is 2.50. The van der Waals surface area contributed by atoms with E-state index in [1.807, 2.05) is 0 Å². The lowest BCUT2D eigenvalue weighted by Crippen LogP contribution is -2.40. The lowest BCUT2D eigenvalue weighted by atomic mass is 10.1. The van der Waals surface area contributed by atoms with Crippen molar-refractivity contribution in [2.45, 2.75) is 32.4 Å². The maximum Gasteiger partial charge on any atom is 0.119 e. The maximum atomic E-state index is 6.14. The fourth-order valence-electron chi connectivity index (χ4n) is 2.90. The average molecular weight is 281 g/mol. The minimum Gasteiger partial charge on any atom is -0.489 e. The van der Waals surface area contributed by atoms with Gasteiger partial charge < -0.3 is 4.74 Å². The summed E-state index contributed by atoms with van der Waals surface area (Å²) < 4.78 is 6.14. The van der Waals surface area contributed by atoms with Crippen molar-refractivity contribution in [2.75, 3.05) is 13.1 Å². The van der Waals surface area contributed by atoms with Crippen LogP contribution in [0.5, 0.6) is 5.75 Å². The largest absolute Gasteiger partial charge is 0.489 e. The van der Waals surface area contributed by atoms with Gasteiger partial charge in [-0.3, -0.25) is 4.90 Å². The first-order chi connectivity index (χ1) is 10.3. The van der Waals surface area contributed by atoms with Gasteiger partial charge in [-0.1, -0.05) is 48.0 Å². The average Bonchev–Trinajstić information content (AvgIpc) is 2.51. The van der Waals surface area contributed by atoms with Gasteiger partial charge in [0.25, 0.3) is 0 Å². The van der Waals surface area contributed by atoms with E-state index in [2.05, 4.69) is 66.4 Å². The molecule has 2 aromatic rings. The van der Waals surface area contributed by atoms with E-state index in [0.29, 0.717) is 6.10 Å². The van der Waals surface area contributed by atoms with E-state index in [0.717, 1.165) is 25.3 Å². The number of aryl methyl sites for hydroxylation is 1. The molecule has 0 spiro atoms. The molecular formula is C19H23NO. The van der Waals surface area contributed by atoms with Gasteiger partial charge in [0.2, 0.25) is 0 Å². The molecule has 2 nitrogen and oxygen atoms in total. The van der Waals surface area contributed by atoms with Crippen molar-refractivity contribution < 1.29 is 4.74 Å². The van der Waals surface area contributed by atoms with Crippen molar-refractivity contribution in [2.24, 2.45) is 0 Å². The van der Waals surface area contributed by atoms with E-state index in [9.17, 15) is 0 Å². The standard InChI is InChI=1S/C19H23NO/c1-16-9-11-18(12-10-16)21-19-8-5-13-20(15-19)14-17-6-3-2-4-7-17/h2-4,6-7,9-12,19H,5,8,13-15H2,1H3. The molecule has 110 valence electrons. The molecule has 0 saturated carbocycles. The summed E-state index contributed by atoms with van der Waals surface area (Å²) in [6.07, 6.45) is 2.67. The Labute approximate surface area is 127 Å². The van der Waals surface area contributed by atoms with E-state index < -0.39 is 0 Å². The van der Waals surface area contributed by atoms with E-state index in [-0.39, 0.29) is 0 Å². The molecule has 1 aliphatic heterocycles. The van der Waals surface area contributed by atoms with Crippen LogP contribution in [-0.4, -0.2) is 24.1 Å². The Morgan fingerprint density at radius 2 is 1.81 bits per heavy atom. The van der Waals surface area contributed by atoms with Crippen LogP contribution in [0.3, 0.4) is 0 Å². The quantitative estimate of drug-likeness (QED) is 0.838. The van der Waals surface area contributed by atoms with Gasteiger partial charge in [0.15, 0.2) is 0 Å². The van der Waals surface area contributed by atoms with Gasteiger partial charge in [-0.15, -0.1) is 0 Å². The zero-order chi connectivity index (χ0) is 14.5. The lowest BCUT2D eigenvalue weighted by Gasteiger charge is -2.33. The van der Waals surface area contributed by atoms with Gasteiger partial charge in [-0.2, -0.15) is 0 Å². The van der Waals surface area contributed by atoms with Crippen LogP contribution in [0, 0.1) is 6.92 Å². The number of rotatable bonds is 4. The second-order valence-electron chi connectivity index (χ2n) is 5.92. The third-order valence-electron chi connectivity index (χ3n) is 4.04. The second-order valence-corrected chi connectivity index (χ2v) is 5.92. The molecule has 0 N–H and O–H groups in total. The third kappa shape index (κ3) is 4.08. The molecule has 1 fully saturated rings. The highest BCUT2D eigenvalue weighted by Gasteiger charge is 2.21. The van der Waals surface area contributed by atoms with Gasteiger partial charge in [0, 0.05) is 13.1 Å². The zero-order valence-corrected chi connectivity index (χ0v) is 12.7. The van der Waals surface area contributed by atoms with Crippen molar-refractivity contribution in [3.8, 4) is 5.75 Å². The van der Waals surface area contributed by atoms with Crippen LogP contribution in [-0.2, 0) is 6.54 Å². The van der Waals surface area contributed by atoms with Gasteiger partial charge in [0.1, 0.15) is 11.9 Å². The van der Waals surface area contributed by atoms with Crippen molar-refractivity contribution in [1.82, 2.24) is 4.90 Å². The number of nitrogens with zero attached hydrogens (tertiary/aromatic N) is 1. The maximum absolute atomic E-state index is 6.14. The molecule has 1 saturated heterocycles. The van der Waals surface area contributed by atoms with Crippen molar-refractivity contribution in [3.63, 3.8) is 0 Å². The molecule has 1 heterocycles. The lowest BCUT2D eigenvalue weighted by molar-refractivity contribution is 0.0843. The summed E-state index contributed by atoms with van der Waals surface area (Å²) in [5.41, 5.74) is 2.66. The Kier molecular flexibility index (Phi) is 4.56. The summed E-state index contributed by atoms with van der Waals surface area (Å²) in [5, 5.41) is 0. The number of ether oxygens (including phenoxy) is 1. The Hall–Kier alpha value is -1.80. The van der Waals surface area contributed by atoms with Crippen LogP contribution in [0.1, 0.15) is 24.0 Å². The normalized spacial score (nSPS) is 19.4. The molecule has 2 aromatic carbocycles. The molecular weight excluding hydrogens is 258 g/mol. The van der Waals surface area contributed by atoms with Crippen LogP contribution >= 0.6 is 0 Å². The fourth-order valence-corrected chi connectivity index (χ4v) is 2.90. The molecule has 0 aromatic heterocycles. The summed E-state index contributed by atoms with van der Waals surface area (Å²) in [6.45, 7) is 5.31. The third-order valence-corrected chi connectivity index (χ3v) is 4.04. The van der Waals surface area contributed by atoms with Gasteiger partial charge >= 0.3 is 0 Å². The highest BCUT2D eigenvalue weighted by Crippen LogP contribution is 2.20. The topological polar surface area (TPSA) is 12.5 Å². The highest BCUT2D eigenvalue weighted by atomic mass is 16.5. The van der Waals surface area contributed by atoms with Crippen LogP contribution in [0.15, 0.2) is 54.6 Å². The van der Waals surface area contributed by atoms with E-state index in [1.165, 1.54) is 24.1 Å². The summed E-state index contributed by atoms with van der Waals surface area (Å²) >= 11 is 0. The number of hydrogen-bond acceptors (Lipinski definition) is 2. The minimum atomic E-state index is 0.310. The van der Waals surface area contributed by atoms with Crippen molar-refractivity contribution >= 4 is 0 Å². The Balaban J connectivity index is 1.57. The Bertz CT molecular complexity index is 550. The molecule has 0 radical (unpaired) electrons. The Morgan fingerprint density at radius 3 is 2.57 bits per heavy atom. The number of likely N-dealkylation sites (tertiary alicyclic amines) is 1. The van der Waals surface area contributed by atoms with E-state index in [1.54, 1.807) is 0 Å². The van der Waals surface area contributed by atoms with Gasteiger partial charge in [-0.25, -0.2) is 0 Å². The molecule has 0 amide bonds. The van der Waals surface area contributed by atoms with Gasteiger partial charge in [-0.05, 0) is 44.0 Å². The predicted octanol–water partition coefficient (Wildman–Crippen LogP) is 4.04. The summed E-state index contributed by atoms with van der Waals surface area (Å²) in [6, 6.07) is 19.1. The highest BCUT2D eigenvalue weighted by molar-refractivity contribution is 5.26. The first-order valence-electron chi connectivity index (χ1n) is 7.79. The second kappa shape index (κ2) is 6.77. The Morgan fingerprint density at radius 1 is 1.05 bits per heavy atom. The number of hydrogen-bond donors (Lipinski definition) is 0. The molecule has 1 atom stereocenters. The molecule has 3 rings (SSSR count). The van der Waals surface area contributed by atoms with Crippen LogP contribution < -0.4 is 4.74 Å². The number of benzene rings is 2. The van der Waals surface area contributed by atoms with Crippen LogP contribution in [0.2, 0.25) is 0 Å². The van der Waals surface area contributed by atoms with E-state index in [4.69, 9.17) is 4.74 Å². The summed E-state index contributed by atoms with van der Waals surface area (Å²) in [7, 11) is 0. The monoisotopic (exact) mass is 281 g/mol. The molecule has 0 bridgehead atoms. The van der Waals surface area contributed by atoms with E-state index >= 15 is 0 Å². The van der Waals surface area contributed by atoms with Crippen LogP contribution in [0.25, 0.3) is 0 Å². The number of piperidine rings is 1. The first-order valence-corrected chi connectivity index (χ1v) is 7.79. The van der Waals surface area contributed by atoms with Crippen molar-refractivity contribution in [3.05, 3.63) is 65.7 Å². The minimum absolute atomic E-state index is 0.310. The van der Waals surface area contributed by atoms with Crippen LogP contribution in [0.4, 0.5) is 0 Å². The molecule has 1 aliphatic rings. The predicted molar refractivity (Wildman–Crippen MR) is 86.5 cm³/mol. The van der Waals surface area contributed by atoms with Crippen molar-refractivity contribution in [1.29, 1.82) is 0 Å². The smallest absolute Gasteiger partial charge is 0.119 e. The molecule has 2 heteroatoms. The molecule has 1 unspecified atom stereocenters. The summed E-state index contributed by atoms with van der Waals surface area (Å²) in [5.74, 6) is 0.993. The molecule has 21 heavy (non-hydrogen) atoms. The van der Waals surface area contributed by atoms with Gasteiger partial charge in [0.05, 0.1) is 0 Å². The SMILES string of the molecule is Cc1ccc(OC2CCCN(Cc3ccccc3)C2)cc1.